The molecule has 0 aliphatic carbocycles. The van der Waals surface area contributed by atoms with Crippen LogP contribution in [-0.4, -0.2) is 16.7 Å². The number of nitrogens with zero attached hydrogens (tertiary/aromatic N) is 4. The summed E-state index contributed by atoms with van der Waals surface area (Å²) in [5, 5.41) is 9.91. The molecule has 1 aromatic rings. The zero-order valence-corrected chi connectivity index (χ0v) is 7.23. The van der Waals surface area contributed by atoms with Crippen molar-refractivity contribution in [3.63, 3.8) is 0 Å². The summed E-state index contributed by atoms with van der Waals surface area (Å²) in [5.74, 6) is 0.453. The molecule has 0 spiro atoms. The fourth-order valence-electron chi connectivity index (χ4n) is 0.921. The van der Waals surface area contributed by atoms with Crippen molar-refractivity contribution >= 4 is 11.9 Å². The lowest BCUT2D eigenvalue weighted by Gasteiger charge is -1.89. The molecule has 0 unspecified atom stereocenters. The number of rotatable bonds is 3. The van der Waals surface area contributed by atoms with Crippen molar-refractivity contribution in [1.82, 2.24) is 10.2 Å². The van der Waals surface area contributed by atoms with Gasteiger partial charge in [0.2, 0.25) is 0 Å². The highest BCUT2D eigenvalue weighted by atomic mass is 15.2. The maximum atomic E-state index is 8.01. The summed E-state index contributed by atoms with van der Waals surface area (Å²) in [4.78, 5) is 2.62. The van der Waals surface area contributed by atoms with Gasteiger partial charge in [-0.1, -0.05) is 17.3 Å². The SMILES string of the molecule is Cc1[nH]nc(N)c1C=CCN=[N+]=[N-]. The average molecular weight is 178 g/mol. The molecule has 6 heteroatoms. The first kappa shape index (κ1) is 9.15. The molecule has 0 atom stereocenters. The van der Waals surface area contributed by atoms with Crippen molar-refractivity contribution in [2.24, 2.45) is 5.11 Å². The third-order valence-electron chi connectivity index (χ3n) is 1.56. The maximum absolute atomic E-state index is 8.01. The van der Waals surface area contributed by atoms with E-state index in [1.54, 1.807) is 12.2 Å². The Balaban J connectivity index is 2.72. The molecule has 0 bridgehead atoms. The van der Waals surface area contributed by atoms with E-state index >= 15 is 0 Å². The summed E-state index contributed by atoms with van der Waals surface area (Å²) in [5.41, 5.74) is 15.3. The van der Waals surface area contributed by atoms with Gasteiger partial charge in [0, 0.05) is 22.7 Å². The van der Waals surface area contributed by atoms with Crippen molar-refractivity contribution in [3.8, 4) is 0 Å². The Morgan fingerprint density at radius 3 is 3.08 bits per heavy atom. The van der Waals surface area contributed by atoms with Crippen LogP contribution in [0, 0.1) is 6.92 Å². The lowest BCUT2D eigenvalue weighted by molar-refractivity contribution is 1.05. The van der Waals surface area contributed by atoms with E-state index in [2.05, 4.69) is 20.2 Å². The van der Waals surface area contributed by atoms with Crippen LogP contribution in [0.4, 0.5) is 5.82 Å². The molecule has 0 aliphatic heterocycles. The van der Waals surface area contributed by atoms with Crippen LogP contribution in [0.15, 0.2) is 11.2 Å². The number of nitrogen functional groups attached to an aromatic ring is 1. The van der Waals surface area contributed by atoms with Gasteiger partial charge in [0.25, 0.3) is 0 Å². The largest absolute Gasteiger partial charge is 0.382 e. The second kappa shape index (κ2) is 4.18. The Morgan fingerprint density at radius 1 is 1.77 bits per heavy atom. The molecule has 13 heavy (non-hydrogen) atoms. The first-order valence-corrected chi connectivity index (χ1v) is 3.73. The standard InChI is InChI=1S/C7H10N6/c1-5-6(7(8)12-11-5)3-2-4-10-13-9/h2-3H,4H2,1H3,(H3,8,11,12). The summed E-state index contributed by atoms with van der Waals surface area (Å²) >= 11 is 0. The minimum atomic E-state index is 0.320. The molecular formula is C7H10N6. The summed E-state index contributed by atoms with van der Waals surface area (Å²) in [6.07, 6.45) is 3.51. The van der Waals surface area contributed by atoms with Crippen molar-refractivity contribution in [3.05, 3.63) is 27.8 Å². The molecule has 68 valence electrons. The van der Waals surface area contributed by atoms with Crippen LogP contribution in [0.2, 0.25) is 0 Å². The van der Waals surface area contributed by atoms with Gasteiger partial charge < -0.3 is 5.73 Å². The number of hydrogen-bond donors (Lipinski definition) is 2. The Bertz CT molecular complexity index is 338. The van der Waals surface area contributed by atoms with Gasteiger partial charge in [-0.25, -0.2) is 0 Å². The van der Waals surface area contributed by atoms with Gasteiger partial charge in [0.1, 0.15) is 0 Å². The van der Waals surface area contributed by atoms with E-state index in [0.29, 0.717) is 12.4 Å². The zero-order valence-electron chi connectivity index (χ0n) is 7.23. The minimum Gasteiger partial charge on any atom is -0.382 e. The monoisotopic (exact) mass is 178 g/mol. The van der Waals surface area contributed by atoms with Crippen molar-refractivity contribution in [2.45, 2.75) is 6.92 Å². The lowest BCUT2D eigenvalue weighted by Crippen LogP contribution is -1.86. The molecule has 0 radical (unpaired) electrons. The van der Waals surface area contributed by atoms with Crippen LogP contribution in [-0.2, 0) is 0 Å². The van der Waals surface area contributed by atoms with E-state index in [9.17, 15) is 0 Å². The zero-order chi connectivity index (χ0) is 9.68. The quantitative estimate of drug-likeness (QED) is 0.417. The van der Waals surface area contributed by atoms with Gasteiger partial charge in [0.15, 0.2) is 5.82 Å². The molecule has 3 N–H and O–H groups in total. The van der Waals surface area contributed by atoms with Gasteiger partial charge >= 0.3 is 0 Å². The molecule has 0 fully saturated rings. The number of anilines is 1. The second-order valence-electron chi connectivity index (χ2n) is 2.46. The van der Waals surface area contributed by atoms with Gasteiger partial charge in [-0.15, -0.1) is 0 Å². The summed E-state index contributed by atoms with van der Waals surface area (Å²) in [6, 6.07) is 0. The highest BCUT2D eigenvalue weighted by Crippen LogP contribution is 2.13. The predicted octanol–water partition coefficient (Wildman–Crippen LogP) is 1.62. The van der Waals surface area contributed by atoms with Crippen molar-refractivity contribution in [2.75, 3.05) is 12.3 Å². The average Bonchev–Trinajstić information content (AvgIpc) is 2.42. The van der Waals surface area contributed by atoms with Crippen LogP contribution < -0.4 is 5.73 Å². The molecule has 0 saturated heterocycles. The van der Waals surface area contributed by atoms with E-state index in [0.717, 1.165) is 11.3 Å². The number of nitrogens with two attached hydrogens (primary N) is 1. The molecule has 1 heterocycles. The number of aromatic nitrogens is 2. The number of azide groups is 1. The van der Waals surface area contributed by atoms with Crippen molar-refractivity contribution in [1.29, 1.82) is 0 Å². The van der Waals surface area contributed by atoms with Gasteiger partial charge in [-0.3, -0.25) is 5.10 Å². The molecule has 1 aromatic heterocycles. The third kappa shape index (κ3) is 2.25. The van der Waals surface area contributed by atoms with Crippen molar-refractivity contribution < 1.29 is 0 Å². The molecule has 0 amide bonds. The third-order valence-corrected chi connectivity index (χ3v) is 1.56. The van der Waals surface area contributed by atoms with E-state index in [1.165, 1.54) is 0 Å². The van der Waals surface area contributed by atoms with Crippen LogP contribution in [0.25, 0.3) is 16.5 Å². The highest BCUT2D eigenvalue weighted by molar-refractivity contribution is 5.63. The Kier molecular flexibility index (Phi) is 2.94. The molecular weight excluding hydrogens is 168 g/mol. The van der Waals surface area contributed by atoms with E-state index in [-0.39, 0.29) is 0 Å². The number of aromatic amines is 1. The first-order valence-electron chi connectivity index (χ1n) is 3.73. The number of hydrogen-bond acceptors (Lipinski definition) is 3. The molecule has 0 aromatic carbocycles. The van der Waals surface area contributed by atoms with E-state index < -0.39 is 0 Å². The second-order valence-corrected chi connectivity index (χ2v) is 2.46. The van der Waals surface area contributed by atoms with Gasteiger partial charge in [-0.2, -0.15) is 5.10 Å². The van der Waals surface area contributed by atoms with Crippen LogP contribution >= 0.6 is 0 Å². The van der Waals surface area contributed by atoms with Crippen LogP contribution in [0.5, 0.6) is 0 Å². The summed E-state index contributed by atoms with van der Waals surface area (Å²) in [6.45, 7) is 2.19. The smallest absolute Gasteiger partial charge is 0.152 e. The normalized spacial score (nSPS) is 10.2. The maximum Gasteiger partial charge on any atom is 0.152 e. The molecule has 0 aliphatic rings. The van der Waals surface area contributed by atoms with E-state index in [1.807, 2.05) is 6.92 Å². The Hall–Kier alpha value is -1.94. The Morgan fingerprint density at radius 2 is 2.54 bits per heavy atom. The summed E-state index contributed by atoms with van der Waals surface area (Å²) in [7, 11) is 0. The molecule has 6 nitrogen and oxygen atoms in total. The van der Waals surface area contributed by atoms with Crippen LogP contribution in [0.3, 0.4) is 0 Å². The van der Waals surface area contributed by atoms with Crippen LogP contribution in [0.1, 0.15) is 11.3 Å². The number of H-pyrrole nitrogens is 1. The predicted molar refractivity (Wildman–Crippen MR) is 50.8 cm³/mol. The fraction of sp³-hybridized carbons (Fsp3) is 0.286. The van der Waals surface area contributed by atoms with E-state index in [4.69, 9.17) is 11.3 Å². The lowest BCUT2D eigenvalue weighted by atomic mass is 10.2. The topological polar surface area (TPSA) is 103 Å². The summed E-state index contributed by atoms with van der Waals surface area (Å²) < 4.78 is 0. The Labute approximate surface area is 75.1 Å². The number of nitrogens with one attached hydrogen (secondary N) is 1. The first-order chi connectivity index (χ1) is 6.25. The van der Waals surface area contributed by atoms with Gasteiger partial charge in [-0.05, 0) is 12.5 Å². The minimum absolute atomic E-state index is 0.320. The fourth-order valence-corrected chi connectivity index (χ4v) is 0.921. The number of aryl methyl sites for hydroxylation is 1. The molecule has 1 rings (SSSR count). The van der Waals surface area contributed by atoms with Gasteiger partial charge in [0.05, 0.1) is 0 Å². The highest BCUT2D eigenvalue weighted by Gasteiger charge is 2.01. The molecule has 0 saturated carbocycles.